The van der Waals surface area contributed by atoms with E-state index in [1.807, 2.05) is 35.0 Å². The van der Waals surface area contributed by atoms with E-state index in [9.17, 15) is 4.79 Å². The number of nitrogens with one attached hydrogen (secondary N) is 2. The van der Waals surface area contributed by atoms with Crippen LogP contribution in [0, 0.1) is 0 Å². The molecule has 0 bridgehead atoms. The SMILES string of the molecule is CCNCc1cccc(NC(=O)CCn2ccnc2)c1. The molecule has 5 heteroatoms. The summed E-state index contributed by atoms with van der Waals surface area (Å²) in [5, 5.41) is 6.19. The van der Waals surface area contributed by atoms with Crippen molar-refractivity contribution in [1.82, 2.24) is 14.9 Å². The van der Waals surface area contributed by atoms with Gasteiger partial charge < -0.3 is 15.2 Å². The number of nitrogens with zero attached hydrogens (tertiary/aromatic N) is 2. The molecule has 1 aromatic heterocycles. The maximum absolute atomic E-state index is 11.9. The predicted octanol–water partition coefficient (Wildman–Crippen LogP) is 2.02. The molecule has 20 heavy (non-hydrogen) atoms. The number of imidazole rings is 1. The van der Waals surface area contributed by atoms with E-state index >= 15 is 0 Å². The van der Waals surface area contributed by atoms with Crippen molar-refractivity contribution < 1.29 is 4.79 Å². The molecule has 2 rings (SSSR count). The van der Waals surface area contributed by atoms with Gasteiger partial charge in [-0.25, -0.2) is 4.98 Å². The Bertz CT molecular complexity index is 537. The molecule has 1 aromatic carbocycles. The van der Waals surface area contributed by atoms with Gasteiger partial charge in [0.1, 0.15) is 0 Å². The van der Waals surface area contributed by atoms with Gasteiger partial charge in [0, 0.05) is 37.6 Å². The van der Waals surface area contributed by atoms with E-state index in [2.05, 4.69) is 22.5 Å². The number of anilines is 1. The number of aromatic nitrogens is 2. The van der Waals surface area contributed by atoms with E-state index in [1.54, 1.807) is 12.5 Å². The maximum Gasteiger partial charge on any atom is 0.226 e. The fraction of sp³-hybridized carbons (Fsp3) is 0.333. The van der Waals surface area contributed by atoms with Crippen LogP contribution in [0.2, 0.25) is 0 Å². The maximum atomic E-state index is 11.9. The summed E-state index contributed by atoms with van der Waals surface area (Å²) in [5.74, 6) is 0.0132. The van der Waals surface area contributed by atoms with Crippen LogP contribution in [0.15, 0.2) is 43.0 Å². The summed E-state index contributed by atoms with van der Waals surface area (Å²) in [5.41, 5.74) is 2.01. The second-order valence-corrected chi connectivity index (χ2v) is 4.58. The Balaban J connectivity index is 1.84. The molecular formula is C15H20N4O. The van der Waals surface area contributed by atoms with Crippen molar-refractivity contribution in [2.75, 3.05) is 11.9 Å². The Morgan fingerprint density at radius 3 is 3.05 bits per heavy atom. The number of benzene rings is 1. The molecule has 0 saturated carbocycles. The van der Waals surface area contributed by atoms with Gasteiger partial charge in [0.2, 0.25) is 5.91 Å². The Labute approximate surface area is 119 Å². The summed E-state index contributed by atoms with van der Waals surface area (Å²) in [6, 6.07) is 7.91. The van der Waals surface area contributed by atoms with Crippen molar-refractivity contribution in [3.8, 4) is 0 Å². The molecule has 106 valence electrons. The summed E-state index contributed by atoms with van der Waals surface area (Å²) in [7, 11) is 0. The summed E-state index contributed by atoms with van der Waals surface area (Å²) in [4.78, 5) is 15.8. The highest BCUT2D eigenvalue weighted by Gasteiger charge is 2.03. The van der Waals surface area contributed by atoms with Gasteiger partial charge in [-0.3, -0.25) is 4.79 Å². The fourth-order valence-corrected chi connectivity index (χ4v) is 1.90. The summed E-state index contributed by atoms with van der Waals surface area (Å²) >= 11 is 0. The number of hydrogen-bond acceptors (Lipinski definition) is 3. The Morgan fingerprint density at radius 2 is 2.30 bits per heavy atom. The molecule has 5 nitrogen and oxygen atoms in total. The minimum atomic E-state index is 0.0132. The van der Waals surface area contributed by atoms with E-state index in [1.165, 1.54) is 5.56 Å². The molecule has 0 unspecified atom stereocenters. The van der Waals surface area contributed by atoms with Crippen molar-refractivity contribution in [3.63, 3.8) is 0 Å². The van der Waals surface area contributed by atoms with E-state index in [-0.39, 0.29) is 5.91 Å². The van der Waals surface area contributed by atoms with Crippen LogP contribution < -0.4 is 10.6 Å². The second kappa shape index (κ2) is 7.45. The summed E-state index contributed by atoms with van der Waals surface area (Å²) in [6.07, 6.45) is 5.71. The van der Waals surface area contributed by atoms with Gasteiger partial charge in [-0.15, -0.1) is 0 Å². The van der Waals surface area contributed by atoms with E-state index in [0.717, 1.165) is 18.8 Å². The average molecular weight is 272 g/mol. The van der Waals surface area contributed by atoms with E-state index in [0.29, 0.717) is 13.0 Å². The predicted molar refractivity (Wildman–Crippen MR) is 79.3 cm³/mol. The molecule has 2 aromatic rings. The third-order valence-electron chi connectivity index (χ3n) is 2.95. The van der Waals surface area contributed by atoms with Crippen molar-refractivity contribution in [3.05, 3.63) is 48.5 Å². The molecule has 0 saturated heterocycles. The highest BCUT2D eigenvalue weighted by atomic mass is 16.1. The molecule has 1 amide bonds. The minimum Gasteiger partial charge on any atom is -0.337 e. The largest absolute Gasteiger partial charge is 0.337 e. The third kappa shape index (κ3) is 4.51. The smallest absolute Gasteiger partial charge is 0.226 e. The molecule has 0 radical (unpaired) electrons. The average Bonchev–Trinajstić information content (AvgIpc) is 2.97. The van der Waals surface area contributed by atoms with Gasteiger partial charge in [0.25, 0.3) is 0 Å². The number of carbonyl (C=O) groups excluding carboxylic acids is 1. The first-order valence-electron chi connectivity index (χ1n) is 6.83. The zero-order chi connectivity index (χ0) is 14.2. The molecule has 0 atom stereocenters. The Morgan fingerprint density at radius 1 is 1.40 bits per heavy atom. The Kier molecular flexibility index (Phi) is 5.32. The number of carbonyl (C=O) groups is 1. The van der Waals surface area contributed by atoms with Gasteiger partial charge in [-0.05, 0) is 24.2 Å². The van der Waals surface area contributed by atoms with E-state index in [4.69, 9.17) is 0 Å². The summed E-state index contributed by atoms with van der Waals surface area (Å²) < 4.78 is 1.89. The first-order valence-corrected chi connectivity index (χ1v) is 6.83. The second-order valence-electron chi connectivity index (χ2n) is 4.58. The lowest BCUT2D eigenvalue weighted by Crippen LogP contribution is -2.15. The van der Waals surface area contributed by atoms with Gasteiger partial charge in [0.05, 0.1) is 6.33 Å². The number of rotatable bonds is 7. The molecule has 0 fully saturated rings. The highest BCUT2D eigenvalue weighted by Crippen LogP contribution is 2.11. The number of amides is 1. The standard InChI is InChI=1S/C15H20N4O/c1-2-16-11-13-4-3-5-14(10-13)18-15(20)6-8-19-9-7-17-12-19/h3-5,7,9-10,12,16H,2,6,8,11H2,1H3,(H,18,20). The van der Waals surface area contributed by atoms with Crippen LogP contribution in [-0.4, -0.2) is 22.0 Å². The molecule has 2 N–H and O–H groups in total. The van der Waals surface area contributed by atoms with Crippen LogP contribution >= 0.6 is 0 Å². The topological polar surface area (TPSA) is 58.9 Å². The van der Waals surface area contributed by atoms with Crippen molar-refractivity contribution in [2.45, 2.75) is 26.4 Å². The van der Waals surface area contributed by atoms with Crippen molar-refractivity contribution in [2.24, 2.45) is 0 Å². The fourth-order valence-electron chi connectivity index (χ4n) is 1.90. The van der Waals surface area contributed by atoms with Crippen LogP contribution in [0.4, 0.5) is 5.69 Å². The van der Waals surface area contributed by atoms with E-state index < -0.39 is 0 Å². The van der Waals surface area contributed by atoms with Crippen molar-refractivity contribution >= 4 is 11.6 Å². The highest BCUT2D eigenvalue weighted by molar-refractivity contribution is 5.90. The lowest BCUT2D eigenvalue weighted by atomic mass is 10.2. The summed E-state index contributed by atoms with van der Waals surface area (Å²) in [6.45, 7) is 4.46. The van der Waals surface area contributed by atoms with Crippen LogP contribution in [0.3, 0.4) is 0 Å². The first-order chi connectivity index (χ1) is 9.78. The van der Waals surface area contributed by atoms with Gasteiger partial charge >= 0.3 is 0 Å². The van der Waals surface area contributed by atoms with Crippen molar-refractivity contribution in [1.29, 1.82) is 0 Å². The van der Waals surface area contributed by atoms with Crippen LogP contribution in [0.25, 0.3) is 0 Å². The monoisotopic (exact) mass is 272 g/mol. The van der Waals surface area contributed by atoms with Crippen LogP contribution in [0.1, 0.15) is 18.9 Å². The third-order valence-corrected chi connectivity index (χ3v) is 2.95. The van der Waals surface area contributed by atoms with Gasteiger partial charge in [0.15, 0.2) is 0 Å². The number of aryl methyl sites for hydroxylation is 1. The quantitative estimate of drug-likeness (QED) is 0.810. The van der Waals surface area contributed by atoms with Crippen LogP contribution in [0.5, 0.6) is 0 Å². The lowest BCUT2D eigenvalue weighted by molar-refractivity contribution is -0.116. The molecule has 0 aliphatic heterocycles. The molecule has 0 aliphatic rings. The van der Waals surface area contributed by atoms with Crippen LogP contribution in [-0.2, 0) is 17.9 Å². The zero-order valence-corrected chi connectivity index (χ0v) is 11.7. The first kappa shape index (κ1) is 14.3. The molecule has 1 heterocycles. The minimum absolute atomic E-state index is 0.0132. The lowest BCUT2D eigenvalue weighted by Gasteiger charge is -2.08. The molecule has 0 aliphatic carbocycles. The van der Waals surface area contributed by atoms with Gasteiger partial charge in [-0.1, -0.05) is 19.1 Å². The normalized spacial score (nSPS) is 10.4. The number of hydrogen-bond donors (Lipinski definition) is 2. The van der Waals surface area contributed by atoms with Gasteiger partial charge in [-0.2, -0.15) is 0 Å². The zero-order valence-electron chi connectivity index (χ0n) is 11.7. The molecule has 0 spiro atoms. The Hall–Kier alpha value is -2.14. The molecular weight excluding hydrogens is 252 g/mol.